The van der Waals surface area contributed by atoms with Crippen molar-refractivity contribution in [2.24, 2.45) is 34.8 Å². The largest absolute Gasteiger partial charge is 0.508 e. The second kappa shape index (κ2) is 48.4. The summed E-state index contributed by atoms with van der Waals surface area (Å²) in [4.78, 5) is 213. The zero-order valence-corrected chi connectivity index (χ0v) is 60.7. The lowest BCUT2D eigenvalue weighted by Gasteiger charge is -2.30. The van der Waals surface area contributed by atoms with E-state index in [2.05, 4.69) is 79.8 Å². The molecule has 1 aromatic rings. The third-order valence-corrected chi connectivity index (χ3v) is 16.0. The smallest absolute Gasteiger partial charge is 0.322 e. The van der Waals surface area contributed by atoms with Gasteiger partial charge in [-0.15, -0.1) is 0 Å². The fraction of sp³-hybridized carbons (Fsp3) is 0.609. The number of hydrogen-bond acceptors (Lipinski definition) is 21. The Kier molecular flexibility index (Phi) is 42.2. The van der Waals surface area contributed by atoms with Crippen molar-refractivity contribution in [3.8, 4) is 5.75 Å². The number of guanidine groups is 3. The maximum atomic E-state index is 14.4. The molecule has 0 spiro atoms. The normalized spacial score (nSPS) is 14.5. The van der Waals surface area contributed by atoms with Crippen LogP contribution in [0.2, 0.25) is 0 Å². The molecule has 0 heterocycles. The lowest BCUT2D eigenvalue weighted by atomic mass is 9.96. The van der Waals surface area contributed by atoms with Gasteiger partial charge in [0.25, 0.3) is 0 Å². The Morgan fingerprint density at radius 1 is 0.393 bits per heavy atom. The number of aliphatic carboxylic acids is 4. The first-order valence-electron chi connectivity index (χ1n) is 34.3. The van der Waals surface area contributed by atoms with Gasteiger partial charge in [-0.1, -0.05) is 46.2 Å². The van der Waals surface area contributed by atoms with Gasteiger partial charge in [0.2, 0.25) is 70.9 Å². The van der Waals surface area contributed by atoms with Crippen LogP contribution in [-0.2, 0) is 83.1 Å². The monoisotopic (exact) mass is 1520 g/mol. The highest BCUT2D eigenvalue weighted by Crippen LogP contribution is 2.16. The molecule has 0 saturated carbocycles. The summed E-state index contributed by atoms with van der Waals surface area (Å²) in [5, 5.41) is 106. The minimum atomic E-state index is -2.11. The topological polar surface area (TPSA) is 730 Å². The van der Waals surface area contributed by atoms with Crippen molar-refractivity contribution in [2.45, 2.75) is 211 Å². The Morgan fingerprint density at radius 3 is 1.17 bits per heavy atom. The van der Waals surface area contributed by atoms with E-state index in [1.165, 1.54) is 45.0 Å². The molecule has 0 aliphatic carbocycles. The van der Waals surface area contributed by atoms with Crippen LogP contribution in [0.3, 0.4) is 0 Å². The van der Waals surface area contributed by atoms with Gasteiger partial charge in [-0.25, -0.2) is 0 Å². The van der Waals surface area contributed by atoms with Gasteiger partial charge in [0.15, 0.2) is 17.9 Å². The van der Waals surface area contributed by atoms with E-state index in [-0.39, 0.29) is 94.1 Å². The van der Waals surface area contributed by atoms with Gasteiger partial charge in [-0.2, -0.15) is 0 Å². The van der Waals surface area contributed by atoms with Crippen LogP contribution < -0.4 is 103 Å². The number of benzene rings is 1. The molecule has 0 aliphatic heterocycles. The van der Waals surface area contributed by atoms with E-state index in [0.29, 0.717) is 12.0 Å². The Bertz CT molecular complexity index is 3290. The molecule has 1 rings (SSSR count). The number of carboxylic acids is 4. The molecular formula is C64H106N22O21. The number of nitrogens with one attached hydrogen (secondary N) is 18. The Morgan fingerprint density at radius 2 is 0.748 bits per heavy atom. The van der Waals surface area contributed by atoms with E-state index in [9.17, 15) is 97.1 Å². The zero-order chi connectivity index (χ0) is 81.4. The summed E-state index contributed by atoms with van der Waals surface area (Å²) in [6, 6.07) is -13.7. The van der Waals surface area contributed by atoms with Crippen molar-refractivity contribution in [1.29, 1.82) is 16.2 Å². The second-order valence-electron chi connectivity index (χ2n) is 25.6. The van der Waals surface area contributed by atoms with Gasteiger partial charge in [0, 0.05) is 38.9 Å². The first kappa shape index (κ1) is 93.3. The van der Waals surface area contributed by atoms with Crippen molar-refractivity contribution < 1.29 is 102 Å². The van der Waals surface area contributed by atoms with Crippen LogP contribution in [0.15, 0.2) is 24.3 Å². The fourth-order valence-corrected chi connectivity index (χ4v) is 9.86. The van der Waals surface area contributed by atoms with E-state index < -0.39 is 218 Å². The first-order valence-corrected chi connectivity index (χ1v) is 34.3. The molecule has 598 valence electrons. The van der Waals surface area contributed by atoms with Gasteiger partial charge in [0.1, 0.15) is 78.8 Å². The van der Waals surface area contributed by atoms with Crippen LogP contribution >= 0.6 is 0 Å². The number of amides is 12. The number of nitrogens with two attached hydrogens (primary N) is 4. The number of carboxylic acid groups (broad SMARTS) is 4. The second-order valence-corrected chi connectivity index (χ2v) is 25.6. The molecule has 0 aromatic heterocycles. The van der Waals surface area contributed by atoms with E-state index in [0.717, 1.165) is 6.92 Å². The molecule has 1 aromatic carbocycles. The molecule has 43 nitrogen and oxygen atoms in total. The molecular weight excluding hydrogens is 1410 g/mol. The van der Waals surface area contributed by atoms with Crippen molar-refractivity contribution >= 4 is 113 Å². The number of carbonyl (C=O) groups excluding carboxylic acids is 12. The fourth-order valence-electron chi connectivity index (χ4n) is 9.86. The van der Waals surface area contributed by atoms with Crippen LogP contribution in [0.5, 0.6) is 5.75 Å². The molecule has 0 radical (unpaired) electrons. The maximum Gasteiger partial charge on any atom is 0.322 e. The maximum absolute atomic E-state index is 14.4. The van der Waals surface area contributed by atoms with E-state index in [4.69, 9.17) is 44.3 Å². The number of aromatic hydroxyl groups is 1. The van der Waals surface area contributed by atoms with E-state index >= 15 is 0 Å². The summed E-state index contributed by atoms with van der Waals surface area (Å²) in [5.74, 6) is -21.0. The summed E-state index contributed by atoms with van der Waals surface area (Å²) in [7, 11) is 0. The molecule has 107 heavy (non-hydrogen) atoms. The lowest BCUT2D eigenvalue weighted by Crippen LogP contribution is -2.61. The van der Waals surface area contributed by atoms with E-state index in [1.54, 1.807) is 20.8 Å². The predicted molar refractivity (Wildman–Crippen MR) is 381 cm³/mol. The quantitative estimate of drug-likeness (QED) is 0.0164. The van der Waals surface area contributed by atoms with Crippen LogP contribution in [0.25, 0.3) is 0 Å². The molecule has 12 amide bonds. The van der Waals surface area contributed by atoms with Crippen molar-refractivity contribution in [3.63, 3.8) is 0 Å². The minimum absolute atomic E-state index is 0.0390. The predicted octanol–water partition coefficient (Wildman–Crippen LogP) is -7.06. The third-order valence-electron chi connectivity index (χ3n) is 16.0. The SMILES string of the molecule is CC[C@H](C)[C@H](NC(=O)[C@H](CC(C)C)NC(=O)[C@H](CCCNC(=N)N)NC(=O)[C@@H](N)CCCNC(=N)N)C(=O)N[C@@H](CCC(=O)O)C(=O)N[C@@H](CC(=O)O)C(=O)N[C@@H](C)C(=O)N[C@@H](CCC(=O)O)C(=O)N[C@@H](Cc1ccc(O)cc1)C(=O)N[C@@H](C)C(=O)N[C@@H](C)C(=O)N[C@@H](CCCNC(=N)N)C(=O)NCC(=O)O. The summed E-state index contributed by atoms with van der Waals surface area (Å²) < 4.78 is 0. The molecule has 0 bridgehead atoms. The van der Waals surface area contributed by atoms with Crippen LogP contribution in [0, 0.1) is 28.1 Å². The number of phenolic OH excluding ortho intramolecular Hbond substituents is 1. The molecule has 0 aliphatic rings. The van der Waals surface area contributed by atoms with Crippen LogP contribution in [-0.4, -0.2) is 237 Å². The highest BCUT2D eigenvalue weighted by molar-refractivity contribution is 6.00. The highest BCUT2D eigenvalue weighted by atomic mass is 16.4. The number of phenols is 1. The summed E-state index contributed by atoms with van der Waals surface area (Å²) in [6.07, 6.45) is -3.83. The molecule has 43 heteroatoms. The van der Waals surface area contributed by atoms with Crippen molar-refractivity contribution in [1.82, 2.24) is 79.8 Å². The van der Waals surface area contributed by atoms with Gasteiger partial charge < -0.3 is 128 Å². The molecule has 0 fully saturated rings. The van der Waals surface area contributed by atoms with Gasteiger partial charge >= 0.3 is 23.9 Å². The molecule has 31 N–H and O–H groups in total. The highest BCUT2D eigenvalue weighted by Gasteiger charge is 2.38. The average molecular weight is 1520 g/mol. The Balaban J connectivity index is 3.53. The standard InChI is InChI=1S/C64H106N22O21/c1-8-31(4)49(86-60(106)42(26-30(2)3)83-55(101)39(14-11-25-74-64(70)71)81-53(99)37(65)12-9-23-72-62(66)67)61(107)82-41(20-22-46(90)91)57(103)85-44(28-47(92)93)59(105)78-34(7)52(98)80-40(19-21-45(88)89)56(102)84-43(27-35-15-17-36(87)18-16-35)58(104)77-32(5)50(96)76-33(6)51(97)79-38(13-10-24-73-63(68)69)54(100)75-29-48(94)95/h15-18,30-34,37-44,49,87H,8-14,19-29,65H2,1-7H3,(H,75,100)(H,76,96)(H,77,104)(H,78,105)(H,79,97)(H,80,98)(H,81,99)(H,82,107)(H,83,101)(H,84,102)(H,85,103)(H,86,106)(H,88,89)(H,90,91)(H,92,93)(H,94,95)(H4,66,67,72)(H4,68,69,73)(H4,70,71,74)/t31-,32-,33-,34-,37-,38-,39-,40-,41-,42-,43-,44-,49-/m0/s1. The molecule has 0 unspecified atom stereocenters. The van der Waals surface area contributed by atoms with Gasteiger partial charge in [0.05, 0.1) is 12.5 Å². The molecule has 0 saturated heterocycles. The zero-order valence-electron chi connectivity index (χ0n) is 60.7. The number of hydrogen-bond donors (Lipinski definition) is 27. The van der Waals surface area contributed by atoms with Crippen molar-refractivity contribution in [2.75, 3.05) is 26.2 Å². The first-order chi connectivity index (χ1) is 50.0. The average Bonchev–Trinajstić information content (AvgIpc) is 0.851. The Hall–Kier alpha value is -11.7. The number of carbonyl (C=O) groups is 16. The van der Waals surface area contributed by atoms with Gasteiger partial charge in [-0.05, 0) is 108 Å². The van der Waals surface area contributed by atoms with Crippen molar-refractivity contribution in [3.05, 3.63) is 29.8 Å². The summed E-state index contributed by atoms with van der Waals surface area (Å²) >= 11 is 0. The lowest BCUT2D eigenvalue weighted by molar-refractivity contribution is -0.142. The minimum Gasteiger partial charge on any atom is -0.508 e. The van der Waals surface area contributed by atoms with Gasteiger partial charge in [-0.3, -0.25) is 92.9 Å². The number of rotatable bonds is 51. The third kappa shape index (κ3) is 38.6. The van der Waals surface area contributed by atoms with E-state index in [1.807, 2.05) is 0 Å². The van der Waals surface area contributed by atoms with Crippen LogP contribution in [0.1, 0.15) is 138 Å². The summed E-state index contributed by atoms with van der Waals surface area (Å²) in [5.41, 5.74) is 22.4. The molecule has 13 atom stereocenters. The summed E-state index contributed by atoms with van der Waals surface area (Å²) in [6.45, 7) is 9.68. The van der Waals surface area contributed by atoms with Crippen LogP contribution in [0.4, 0.5) is 0 Å². The Labute approximate surface area is 616 Å².